The van der Waals surface area contributed by atoms with Crippen molar-refractivity contribution in [1.29, 1.82) is 0 Å². The van der Waals surface area contributed by atoms with Crippen LogP contribution in [0, 0.1) is 11.6 Å². The predicted octanol–water partition coefficient (Wildman–Crippen LogP) is 3.98. The normalized spacial score (nSPS) is 10.3. The molecule has 0 heterocycles. The van der Waals surface area contributed by atoms with Crippen LogP contribution in [0.5, 0.6) is 11.5 Å². The molecule has 2 aromatic rings. The van der Waals surface area contributed by atoms with Crippen LogP contribution in [0.15, 0.2) is 36.4 Å². The van der Waals surface area contributed by atoms with Crippen molar-refractivity contribution in [2.24, 2.45) is 0 Å². The van der Waals surface area contributed by atoms with Gasteiger partial charge >= 0.3 is 0 Å². The Balaban J connectivity index is 2.15. The molecule has 5 heteroatoms. The Labute approximate surface area is 122 Å². The van der Waals surface area contributed by atoms with Crippen molar-refractivity contribution in [2.75, 3.05) is 19.0 Å². The second-order valence-electron chi connectivity index (χ2n) is 4.37. The highest BCUT2D eigenvalue weighted by atomic mass is 19.1. The van der Waals surface area contributed by atoms with Crippen LogP contribution in [-0.4, -0.2) is 13.7 Å². The fourth-order valence-corrected chi connectivity index (χ4v) is 1.96. The van der Waals surface area contributed by atoms with Crippen molar-refractivity contribution >= 4 is 5.69 Å². The van der Waals surface area contributed by atoms with Crippen LogP contribution in [-0.2, 0) is 6.54 Å². The Morgan fingerprint density at radius 3 is 2.38 bits per heavy atom. The van der Waals surface area contributed by atoms with Crippen molar-refractivity contribution in [3.63, 3.8) is 0 Å². The third-order valence-electron chi connectivity index (χ3n) is 2.96. The van der Waals surface area contributed by atoms with Gasteiger partial charge in [0.05, 0.1) is 13.7 Å². The molecule has 0 saturated carbocycles. The SMILES string of the molecule is CCOc1cc(CNc2c(F)cccc2F)ccc1OC. The molecule has 0 aromatic heterocycles. The maximum atomic E-state index is 13.5. The monoisotopic (exact) mass is 293 g/mol. The van der Waals surface area contributed by atoms with E-state index in [0.29, 0.717) is 18.1 Å². The molecule has 0 aliphatic rings. The largest absolute Gasteiger partial charge is 0.493 e. The molecule has 112 valence electrons. The molecule has 3 nitrogen and oxygen atoms in total. The quantitative estimate of drug-likeness (QED) is 0.873. The lowest BCUT2D eigenvalue weighted by Gasteiger charge is -2.12. The number of rotatable bonds is 6. The van der Waals surface area contributed by atoms with Gasteiger partial charge in [-0.3, -0.25) is 0 Å². The van der Waals surface area contributed by atoms with Crippen molar-refractivity contribution in [2.45, 2.75) is 13.5 Å². The number of halogens is 2. The van der Waals surface area contributed by atoms with Gasteiger partial charge in [0, 0.05) is 6.54 Å². The number of para-hydroxylation sites is 1. The molecule has 2 aromatic carbocycles. The van der Waals surface area contributed by atoms with E-state index in [4.69, 9.17) is 9.47 Å². The van der Waals surface area contributed by atoms with Gasteiger partial charge in [-0.1, -0.05) is 12.1 Å². The van der Waals surface area contributed by atoms with E-state index in [0.717, 1.165) is 5.56 Å². The van der Waals surface area contributed by atoms with Crippen LogP contribution >= 0.6 is 0 Å². The standard InChI is InChI=1S/C16H17F2NO2/c1-3-21-15-9-11(7-8-14(15)20-2)10-19-16-12(17)5-4-6-13(16)18/h4-9,19H,3,10H2,1-2H3. The second kappa shape index (κ2) is 6.92. The summed E-state index contributed by atoms with van der Waals surface area (Å²) in [4.78, 5) is 0. The smallest absolute Gasteiger partial charge is 0.161 e. The van der Waals surface area contributed by atoms with E-state index in [1.54, 1.807) is 19.2 Å². The van der Waals surface area contributed by atoms with Crippen molar-refractivity contribution in [3.8, 4) is 11.5 Å². The summed E-state index contributed by atoms with van der Waals surface area (Å²) in [6.07, 6.45) is 0. The van der Waals surface area contributed by atoms with Gasteiger partial charge in [-0.05, 0) is 36.8 Å². The summed E-state index contributed by atoms with van der Waals surface area (Å²) in [6.45, 7) is 2.66. The molecule has 0 spiro atoms. The van der Waals surface area contributed by atoms with Crippen LogP contribution in [0.3, 0.4) is 0 Å². The first-order valence-electron chi connectivity index (χ1n) is 6.63. The third-order valence-corrected chi connectivity index (χ3v) is 2.96. The lowest BCUT2D eigenvalue weighted by Crippen LogP contribution is -2.04. The minimum absolute atomic E-state index is 0.133. The minimum Gasteiger partial charge on any atom is -0.493 e. The van der Waals surface area contributed by atoms with E-state index in [1.165, 1.54) is 18.2 Å². The highest BCUT2D eigenvalue weighted by Crippen LogP contribution is 2.28. The molecule has 0 unspecified atom stereocenters. The first-order chi connectivity index (χ1) is 10.2. The Bertz CT molecular complexity index is 597. The number of anilines is 1. The van der Waals surface area contributed by atoms with Gasteiger partial charge in [-0.2, -0.15) is 0 Å². The van der Waals surface area contributed by atoms with Gasteiger partial charge in [0.25, 0.3) is 0 Å². The highest BCUT2D eigenvalue weighted by molar-refractivity contribution is 5.48. The van der Waals surface area contributed by atoms with Crippen LogP contribution in [0.25, 0.3) is 0 Å². The summed E-state index contributed by atoms with van der Waals surface area (Å²) < 4.78 is 37.7. The zero-order valence-corrected chi connectivity index (χ0v) is 12.0. The Morgan fingerprint density at radius 1 is 1.05 bits per heavy atom. The Morgan fingerprint density at radius 2 is 1.76 bits per heavy atom. The highest BCUT2D eigenvalue weighted by Gasteiger charge is 2.09. The summed E-state index contributed by atoms with van der Waals surface area (Å²) in [7, 11) is 1.56. The zero-order valence-electron chi connectivity index (χ0n) is 12.0. The van der Waals surface area contributed by atoms with E-state index < -0.39 is 11.6 Å². The summed E-state index contributed by atoms with van der Waals surface area (Å²) >= 11 is 0. The maximum Gasteiger partial charge on any atom is 0.161 e. The van der Waals surface area contributed by atoms with Gasteiger partial charge in [0.2, 0.25) is 0 Å². The zero-order chi connectivity index (χ0) is 15.2. The van der Waals surface area contributed by atoms with E-state index in [2.05, 4.69) is 5.32 Å². The fourth-order valence-electron chi connectivity index (χ4n) is 1.96. The van der Waals surface area contributed by atoms with E-state index >= 15 is 0 Å². The lowest BCUT2D eigenvalue weighted by atomic mass is 10.2. The number of benzene rings is 2. The van der Waals surface area contributed by atoms with Crippen LogP contribution in [0.4, 0.5) is 14.5 Å². The van der Waals surface area contributed by atoms with E-state index in [9.17, 15) is 8.78 Å². The number of ether oxygens (including phenoxy) is 2. The molecule has 0 atom stereocenters. The number of methoxy groups -OCH3 is 1. The maximum absolute atomic E-state index is 13.5. The average molecular weight is 293 g/mol. The summed E-state index contributed by atoms with van der Waals surface area (Å²) in [5.74, 6) is -0.00642. The number of nitrogens with one attached hydrogen (secondary N) is 1. The molecule has 0 fully saturated rings. The van der Waals surface area contributed by atoms with E-state index in [-0.39, 0.29) is 12.2 Å². The molecule has 2 rings (SSSR count). The average Bonchev–Trinajstić information content (AvgIpc) is 2.47. The van der Waals surface area contributed by atoms with Crippen LogP contribution in [0.1, 0.15) is 12.5 Å². The first kappa shape index (κ1) is 15.1. The van der Waals surface area contributed by atoms with Gasteiger partial charge in [-0.15, -0.1) is 0 Å². The van der Waals surface area contributed by atoms with Gasteiger partial charge < -0.3 is 14.8 Å². The molecular formula is C16H17F2NO2. The first-order valence-corrected chi connectivity index (χ1v) is 6.63. The van der Waals surface area contributed by atoms with Crippen LogP contribution < -0.4 is 14.8 Å². The minimum atomic E-state index is -0.617. The third kappa shape index (κ3) is 3.62. The predicted molar refractivity (Wildman–Crippen MR) is 77.8 cm³/mol. The molecule has 0 amide bonds. The van der Waals surface area contributed by atoms with Crippen molar-refractivity contribution < 1.29 is 18.3 Å². The molecular weight excluding hydrogens is 276 g/mol. The van der Waals surface area contributed by atoms with Crippen molar-refractivity contribution in [3.05, 3.63) is 53.6 Å². The summed E-state index contributed by atoms with van der Waals surface area (Å²) in [6, 6.07) is 9.12. The lowest BCUT2D eigenvalue weighted by molar-refractivity contribution is 0.310. The summed E-state index contributed by atoms with van der Waals surface area (Å²) in [5, 5.41) is 2.76. The number of hydrogen-bond donors (Lipinski definition) is 1. The summed E-state index contributed by atoms with van der Waals surface area (Å²) in [5.41, 5.74) is 0.702. The molecule has 0 aliphatic carbocycles. The topological polar surface area (TPSA) is 30.5 Å². The molecule has 0 aliphatic heterocycles. The molecule has 21 heavy (non-hydrogen) atoms. The van der Waals surface area contributed by atoms with E-state index in [1.807, 2.05) is 13.0 Å². The molecule has 0 saturated heterocycles. The fraction of sp³-hybridized carbons (Fsp3) is 0.250. The van der Waals surface area contributed by atoms with Gasteiger partial charge in [0.1, 0.15) is 17.3 Å². The molecule has 0 bridgehead atoms. The van der Waals surface area contributed by atoms with Crippen LogP contribution in [0.2, 0.25) is 0 Å². The molecule has 1 N–H and O–H groups in total. The van der Waals surface area contributed by atoms with Gasteiger partial charge in [0.15, 0.2) is 11.5 Å². The van der Waals surface area contributed by atoms with Crippen molar-refractivity contribution in [1.82, 2.24) is 0 Å². The Hall–Kier alpha value is -2.30. The molecule has 0 radical (unpaired) electrons. The Kier molecular flexibility index (Phi) is 4.98. The number of hydrogen-bond acceptors (Lipinski definition) is 3. The van der Waals surface area contributed by atoms with Gasteiger partial charge in [-0.25, -0.2) is 8.78 Å². The second-order valence-corrected chi connectivity index (χ2v) is 4.37.